The van der Waals surface area contributed by atoms with E-state index in [1.165, 1.54) is 32.1 Å². The van der Waals surface area contributed by atoms with E-state index < -0.39 is 0 Å². The van der Waals surface area contributed by atoms with Crippen molar-refractivity contribution < 1.29 is 4.79 Å². The van der Waals surface area contributed by atoms with Crippen LogP contribution in [0.3, 0.4) is 0 Å². The van der Waals surface area contributed by atoms with E-state index in [9.17, 15) is 4.79 Å². The fourth-order valence-corrected chi connectivity index (χ4v) is 4.22. The minimum absolute atomic E-state index is 0.0620. The largest absolute Gasteiger partial charge is 0.340 e. The smallest absolute Gasteiger partial charge is 0.229 e. The van der Waals surface area contributed by atoms with Crippen LogP contribution in [0.15, 0.2) is 0 Å². The number of nitrogens with zero attached hydrogens (tertiary/aromatic N) is 1. The number of hydrogen-bond donors (Lipinski definition) is 1. The maximum absolute atomic E-state index is 13.2. The van der Waals surface area contributed by atoms with Crippen LogP contribution in [0.5, 0.6) is 0 Å². The molecule has 3 heteroatoms. The van der Waals surface area contributed by atoms with Gasteiger partial charge in [-0.1, -0.05) is 32.6 Å². The predicted molar refractivity (Wildman–Crippen MR) is 83.7 cm³/mol. The summed E-state index contributed by atoms with van der Waals surface area (Å²) >= 11 is 0. The zero-order valence-corrected chi connectivity index (χ0v) is 13.4. The Bertz CT molecular complexity index is 299. The molecular formula is C17H32N2O. The monoisotopic (exact) mass is 280 g/mol. The highest BCUT2D eigenvalue weighted by Crippen LogP contribution is 2.38. The average Bonchev–Trinajstić information content (AvgIpc) is 2.50. The van der Waals surface area contributed by atoms with Crippen LogP contribution in [-0.4, -0.2) is 36.5 Å². The molecule has 0 aromatic heterocycles. The van der Waals surface area contributed by atoms with E-state index in [1.54, 1.807) is 0 Å². The minimum atomic E-state index is -0.0620. The van der Waals surface area contributed by atoms with E-state index in [0.29, 0.717) is 11.9 Å². The molecule has 1 saturated heterocycles. The Balaban J connectivity index is 2.11. The Hall–Kier alpha value is -0.570. The standard InChI is InChI=1S/C17H32N2O/c1-3-10-17(11-13-18-14-12-17)16(20)19(4-2)15-8-6-5-7-9-15/h15,18H,3-14H2,1-2H3. The van der Waals surface area contributed by atoms with E-state index in [4.69, 9.17) is 0 Å². The molecule has 0 spiro atoms. The number of carbonyl (C=O) groups is 1. The fraction of sp³-hybridized carbons (Fsp3) is 0.941. The highest BCUT2D eigenvalue weighted by Gasteiger charge is 2.42. The lowest BCUT2D eigenvalue weighted by atomic mass is 9.73. The van der Waals surface area contributed by atoms with Gasteiger partial charge in [-0.15, -0.1) is 0 Å². The Kier molecular flexibility index (Phi) is 5.88. The molecule has 0 bridgehead atoms. The summed E-state index contributed by atoms with van der Waals surface area (Å²) in [5.74, 6) is 0.468. The molecule has 0 unspecified atom stereocenters. The third-order valence-corrected chi connectivity index (χ3v) is 5.36. The topological polar surface area (TPSA) is 32.3 Å². The Morgan fingerprint density at radius 1 is 1.15 bits per heavy atom. The van der Waals surface area contributed by atoms with Gasteiger partial charge in [-0.25, -0.2) is 0 Å². The normalized spacial score (nSPS) is 23.5. The second kappa shape index (κ2) is 7.44. The van der Waals surface area contributed by atoms with Crippen LogP contribution in [-0.2, 0) is 4.79 Å². The van der Waals surface area contributed by atoms with Gasteiger partial charge >= 0.3 is 0 Å². The molecule has 2 rings (SSSR count). The summed E-state index contributed by atoms with van der Waals surface area (Å²) in [5.41, 5.74) is -0.0620. The summed E-state index contributed by atoms with van der Waals surface area (Å²) in [7, 11) is 0. The van der Waals surface area contributed by atoms with Crippen LogP contribution in [0.4, 0.5) is 0 Å². The quantitative estimate of drug-likeness (QED) is 0.837. The number of carbonyl (C=O) groups excluding carboxylic acids is 1. The van der Waals surface area contributed by atoms with Gasteiger partial charge in [0.05, 0.1) is 5.41 Å². The van der Waals surface area contributed by atoms with Gasteiger partial charge in [-0.05, 0) is 52.1 Å². The second-order valence-electron chi connectivity index (χ2n) is 6.66. The lowest BCUT2D eigenvalue weighted by Crippen LogP contribution is -2.52. The van der Waals surface area contributed by atoms with E-state index in [-0.39, 0.29) is 5.41 Å². The summed E-state index contributed by atoms with van der Waals surface area (Å²) in [5, 5.41) is 3.42. The van der Waals surface area contributed by atoms with Crippen LogP contribution in [0.2, 0.25) is 0 Å². The Labute approximate surface area is 124 Å². The highest BCUT2D eigenvalue weighted by atomic mass is 16.2. The van der Waals surface area contributed by atoms with Crippen molar-refractivity contribution in [2.45, 2.75) is 77.7 Å². The number of piperidine rings is 1. The lowest BCUT2D eigenvalue weighted by Gasteiger charge is -2.43. The van der Waals surface area contributed by atoms with Crippen LogP contribution >= 0.6 is 0 Å². The predicted octanol–water partition coefficient (Wildman–Crippen LogP) is 3.34. The zero-order chi connectivity index (χ0) is 14.4. The van der Waals surface area contributed by atoms with Crippen LogP contribution < -0.4 is 5.32 Å². The van der Waals surface area contributed by atoms with Crippen molar-refractivity contribution in [3.05, 3.63) is 0 Å². The fourth-order valence-electron chi connectivity index (χ4n) is 4.22. The molecule has 1 heterocycles. The highest BCUT2D eigenvalue weighted by molar-refractivity contribution is 5.83. The second-order valence-corrected chi connectivity index (χ2v) is 6.66. The summed E-state index contributed by atoms with van der Waals surface area (Å²) in [6.45, 7) is 7.28. The molecular weight excluding hydrogens is 248 g/mol. The molecule has 1 amide bonds. The first-order valence-corrected chi connectivity index (χ1v) is 8.75. The van der Waals surface area contributed by atoms with Gasteiger partial charge in [0.25, 0.3) is 0 Å². The van der Waals surface area contributed by atoms with Gasteiger partial charge < -0.3 is 10.2 Å². The van der Waals surface area contributed by atoms with Crippen molar-refractivity contribution in [2.75, 3.05) is 19.6 Å². The van der Waals surface area contributed by atoms with Gasteiger partial charge in [0.1, 0.15) is 0 Å². The molecule has 0 atom stereocenters. The number of nitrogens with one attached hydrogen (secondary N) is 1. The molecule has 2 fully saturated rings. The third-order valence-electron chi connectivity index (χ3n) is 5.36. The van der Waals surface area contributed by atoms with E-state index >= 15 is 0 Å². The van der Waals surface area contributed by atoms with Crippen molar-refractivity contribution in [1.82, 2.24) is 10.2 Å². The maximum atomic E-state index is 13.2. The van der Waals surface area contributed by atoms with Gasteiger partial charge in [-0.3, -0.25) is 4.79 Å². The molecule has 1 saturated carbocycles. The van der Waals surface area contributed by atoms with Crippen LogP contribution in [0.1, 0.15) is 71.6 Å². The molecule has 1 aliphatic carbocycles. The first kappa shape index (κ1) is 15.8. The van der Waals surface area contributed by atoms with E-state index in [2.05, 4.69) is 24.1 Å². The van der Waals surface area contributed by atoms with Crippen LogP contribution in [0.25, 0.3) is 0 Å². The van der Waals surface area contributed by atoms with Gasteiger partial charge in [-0.2, -0.15) is 0 Å². The van der Waals surface area contributed by atoms with E-state index in [0.717, 1.165) is 45.3 Å². The molecule has 3 nitrogen and oxygen atoms in total. The van der Waals surface area contributed by atoms with Gasteiger partial charge in [0, 0.05) is 12.6 Å². The number of rotatable bonds is 5. The van der Waals surface area contributed by atoms with Gasteiger partial charge in [0.2, 0.25) is 5.91 Å². The summed E-state index contributed by atoms with van der Waals surface area (Å²) in [4.78, 5) is 15.5. The molecule has 2 aliphatic rings. The zero-order valence-electron chi connectivity index (χ0n) is 13.4. The molecule has 0 aromatic rings. The summed E-state index contributed by atoms with van der Waals surface area (Å²) in [6, 6.07) is 0.518. The molecule has 0 aromatic carbocycles. The molecule has 1 N–H and O–H groups in total. The Morgan fingerprint density at radius 2 is 1.80 bits per heavy atom. The molecule has 0 radical (unpaired) electrons. The van der Waals surface area contributed by atoms with Crippen molar-refractivity contribution in [2.24, 2.45) is 5.41 Å². The molecule has 20 heavy (non-hydrogen) atoms. The summed E-state index contributed by atoms with van der Waals surface area (Å²) < 4.78 is 0. The van der Waals surface area contributed by atoms with Crippen molar-refractivity contribution in [3.63, 3.8) is 0 Å². The SMILES string of the molecule is CCCC1(C(=O)N(CC)C2CCCCC2)CCNCC1. The first-order valence-electron chi connectivity index (χ1n) is 8.75. The number of amides is 1. The average molecular weight is 280 g/mol. The lowest BCUT2D eigenvalue weighted by molar-refractivity contribution is -0.147. The molecule has 1 aliphatic heterocycles. The molecule has 116 valence electrons. The summed E-state index contributed by atoms with van der Waals surface area (Å²) in [6.07, 6.45) is 10.6. The third kappa shape index (κ3) is 3.36. The van der Waals surface area contributed by atoms with E-state index in [1.807, 2.05) is 0 Å². The Morgan fingerprint density at radius 3 is 2.35 bits per heavy atom. The van der Waals surface area contributed by atoms with Crippen molar-refractivity contribution in [3.8, 4) is 0 Å². The van der Waals surface area contributed by atoms with Crippen molar-refractivity contribution >= 4 is 5.91 Å². The van der Waals surface area contributed by atoms with Gasteiger partial charge in [0.15, 0.2) is 0 Å². The van der Waals surface area contributed by atoms with Crippen molar-refractivity contribution in [1.29, 1.82) is 0 Å². The first-order chi connectivity index (χ1) is 9.73. The number of hydrogen-bond acceptors (Lipinski definition) is 2. The minimum Gasteiger partial charge on any atom is -0.340 e. The van der Waals surface area contributed by atoms with Crippen LogP contribution in [0, 0.1) is 5.41 Å². The maximum Gasteiger partial charge on any atom is 0.229 e.